The predicted molar refractivity (Wildman–Crippen MR) is 128 cm³/mol. The van der Waals surface area contributed by atoms with Crippen molar-refractivity contribution in [2.75, 3.05) is 7.05 Å². The normalized spacial score (nSPS) is 11.5. The summed E-state index contributed by atoms with van der Waals surface area (Å²) in [7, 11) is -2.38. The smallest absolute Gasteiger partial charge is 0.247 e. The Hall–Kier alpha value is -3.10. The fraction of sp³-hybridized carbons (Fsp3) is 0.100. The first kappa shape index (κ1) is 23.1. The van der Waals surface area contributed by atoms with E-state index in [1.54, 1.807) is 12.1 Å². The Bertz CT molecular complexity index is 1380. The van der Waals surface area contributed by atoms with Gasteiger partial charge in [-0.1, -0.05) is 59.5 Å². The number of hydroxylamine groups is 2. The predicted octanol–water partition coefficient (Wildman–Crippen LogP) is 3.28. The molecule has 0 saturated carbocycles. The molecule has 0 radical (unpaired) electrons. The van der Waals surface area contributed by atoms with Gasteiger partial charge in [-0.2, -0.15) is 0 Å². The molecule has 33 heavy (non-hydrogen) atoms. The zero-order chi connectivity index (χ0) is 23.6. The number of hydrogen-bond donors (Lipinski definition) is 3. The Morgan fingerprint density at radius 3 is 2.52 bits per heavy atom. The van der Waals surface area contributed by atoms with Gasteiger partial charge >= 0.3 is 0 Å². The molecule has 0 saturated heterocycles. The molecule has 0 aliphatic carbocycles. The Morgan fingerprint density at radius 2 is 1.88 bits per heavy atom. The number of oxazole rings is 1. The summed E-state index contributed by atoms with van der Waals surface area (Å²) in [6.45, 7) is 0. The van der Waals surface area contributed by atoms with Crippen molar-refractivity contribution in [3.63, 3.8) is 0 Å². The summed E-state index contributed by atoms with van der Waals surface area (Å²) in [6.07, 6.45) is 0. The van der Waals surface area contributed by atoms with E-state index in [0.717, 1.165) is 10.6 Å². The van der Waals surface area contributed by atoms with Crippen molar-refractivity contribution in [2.45, 2.75) is 10.6 Å². The van der Waals surface area contributed by atoms with Gasteiger partial charge in [0, 0.05) is 23.9 Å². The van der Waals surface area contributed by atoms with Gasteiger partial charge in [0.2, 0.25) is 15.9 Å². The number of thioether (sulfide) groups is 1. The Kier molecular flexibility index (Phi) is 6.58. The maximum atomic E-state index is 11.6. The third-order valence-corrected chi connectivity index (χ3v) is 7.03. The first-order valence-electron chi connectivity index (χ1n) is 9.43. The molecule has 0 fully saturated rings. The number of H-pyrrole nitrogens is 1. The molecule has 0 aliphatic rings. The molecular formula is C20H18N6O4S3. The lowest BCUT2D eigenvalue weighted by atomic mass is 10.1. The molecule has 0 aliphatic heterocycles. The van der Waals surface area contributed by atoms with Crippen molar-refractivity contribution in [3.05, 3.63) is 60.3 Å². The number of hydrogen-bond acceptors (Lipinski definition) is 9. The minimum absolute atomic E-state index is 0.00542. The number of primary sulfonamides is 1. The highest BCUT2D eigenvalue weighted by molar-refractivity contribution is 8.22. The number of benzene rings is 2. The summed E-state index contributed by atoms with van der Waals surface area (Å²) < 4.78 is 29.6. The second kappa shape index (κ2) is 9.41. The summed E-state index contributed by atoms with van der Waals surface area (Å²) in [5.74, 6) is 1.02. The maximum Gasteiger partial charge on any atom is 0.247 e. The quantitative estimate of drug-likeness (QED) is 0.265. The fourth-order valence-corrected chi connectivity index (χ4v) is 4.30. The zero-order valence-corrected chi connectivity index (χ0v) is 19.6. The largest absolute Gasteiger partial charge is 0.434 e. The van der Waals surface area contributed by atoms with Crippen LogP contribution >= 0.6 is 24.0 Å². The molecule has 4 aromatic rings. The van der Waals surface area contributed by atoms with Crippen LogP contribution in [0.15, 0.2) is 63.9 Å². The van der Waals surface area contributed by atoms with Gasteiger partial charge in [-0.25, -0.2) is 23.6 Å². The van der Waals surface area contributed by atoms with Crippen molar-refractivity contribution in [3.8, 4) is 34.2 Å². The Morgan fingerprint density at radius 1 is 1.18 bits per heavy atom. The highest BCUT2D eigenvalue weighted by atomic mass is 32.2. The zero-order valence-electron chi connectivity index (χ0n) is 17.2. The second-order valence-electron chi connectivity index (χ2n) is 6.84. The number of nitrogens with one attached hydrogen (secondary N) is 1. The topological polar surface area (TPSA) is 151 Å². The van der Waals surface area contributed by atoms with E-state index >= 15 is 0 Å². The van der Waals surface area contributed by atoms with Crippen molar-refractivity contribution in [1.29, 1.82) is 0 Å². The first-order valence-corrected chi connectivity index (χ1v) is 12.4. The molecule has 0 bridgehead atoms. The van der Waals surface area contributed by atoms with Crippen LogP contribution in [0.5, 0.6) is 0 Å². The number of aromatic amines is 1. The molecule has 0 amide bonds. The number of nitrogens with zero attached hydrogens (tertiary/aromatic N) is 4. The van der Waals surface area contributed by atoms with Crippen molar-refractivity contribution < 1.29 is 18.0 Å². The van der Waals surface area contributed by atoms with Gasteiger partial charge in [-0.3, -0.25) is 10.3 Å². The monoisotopic (exact) mass is 502 g/mol. The molecule has 13 heteroatoms. The standard InChI is InChI=1S/C20H18N6O4S3/c1-26(27)20(31)32-11-15-17(24-25-23-15)19-22-16(12-5-3-2-4-6-12)18(30-19)13-7-9-14(10-8-13)33(21,28)29/h2-10,27H,11H2,1H3,(H2,21,28,29)(H,23,24,25). The van der Waals surface area contributed by atoms with E-state index in [2.05, 4.69) is 20.4 Å². The fourth-order valence-electron chi connectivity index (χ4n) is 2.96. The molecule has 2 heterocycles. The van der Waals surface area contributed by atoms with Gasteiger partial charge in [0.05, 0.1) is 4.90 Å². The molecule has 0 unspecified atom stereocenters. The third kappa shape index (κ3) is 5.12. The number of rotatable bonds is 6. The van der Waals surface area contributed by atoms with Gasteiger partial charge in [0.25, 0.3) is 0 Å². The van der Waals surface area contributed by atoms with E-state index in [1.807, 2.05) is 30.3 Å². The number of thiocarbonyl (C=S) groups is 1. The van der Waals surface area contributed by atoms with Crippen LogP contribution < -0.4 is 5.14 Å². The molecule has 2 aromatic carbocycles. The van der Waals surface area contributed by atoms with Crippen LogP contribution in [0.25, 0.3) is 34.2 Å². The molecule has 0 spiro atoms. The van der Waals surface area contributed by atoms with Crippen molar-refractivity contribution in [2.24, 2.45) is 5.14 Å². The molecule has 4 rings (SSSR count). The highest BCUT2D eigenvalue weighted by Crippen LogP contribution is 2.36. The van der Waals surface area contributed by atoms with Crippen LogP contribution in [0.2, 0.25) is 0 Å². The molecule has 4 N–H and O–H groups in total. The van der Waals surface area contributed by atoms with E-state index in [9.17, 15) is 13.6 Å². The number of nitrogens with two attached hydrogens (primary N) is 1. The second-order valence-corrected chi connectivity index (χ2v) is 10.0. The molecule has 2 aromatic heterocycles. The average molecular weight is 503 g/mol. The van der Waals surface area contributed by atoms with E-state index in [4.69, 9.17) is 21.8 Å². The summed E-state index contributed by atoms with van der Waals surface area (Å²) in [5.41, 5.74) is 3.00. The minimum atomic E-state index is -3.82. The Balaban J connectivity index is 1.76. The van der Waals surface area contributed by atoms with Crippen LogP contribution in [0, 0.1) is 0 Å². The van der Waals surface area contributed by atoms with Crippen LogP contribution in [-0.2, 0) is 15.8 Å². The summed E-state index contributed by atoms with van der Waals surface area (Å²) in [5, 5.41) is 26.2. The molecule has 170 valence electrons. The summed E-state index contributed by atoms with van der Waals surface area (Å²) in [4.78, 5) is 4.67. The van der Waals surface area contributed by atoms with Crippen LogP contribution in [-0.4, -0.2) is 50.5 Å². The lowest BCUT2D eigenvalue weighted by molar-refractivity contribution is 0.0205. The molecule has 10 nitrogen and oxygen atoms in total. The van der Waals surface area contributed by atoms with Crippen LogP contribution in [0.1, 0.15) is 5.69 Å². The first-order chi connectivity index (χ1) is 15.7. The van der Waals surface area contributed by atoms with Gasteiger partial charge in [0.15, 0.2) is 10.1 Å². The average Bonchev–Trinajstić information content (AvgIpc) is 3.44. The van der Waals surface area contributed by atoms with Gasteiger partial charge in [0.1, 0.15) is 17.1 Å². The molecule has 0 atom stereocenters. The minimum Gasteiger partial charge on any atom is -0.434 e. The lowest BCUT2D eigenvalue weighted by Crippen LogP contribution is -2.17. The van der Waals surface area contributed by atoms with E-state index in [0.29, 0.717) is 34.2 Å². The van der Waals surface area contributed by atoms with Gasteiger partial charge in [-0.15, -0.1) is 5.10 Å². The van der Waals surface area contributed by atoms with Gasteiger partial charge < -0.3 is 4.42 Å². The summed E-state index contributed by atoms with van der Waals surface area (Å²) in [6, 6.07) is 15.5. The maximum absolute atomic E-state index is 11.6. The summed E-state index contributed by atoms with van der Waals surface area (Å²) >= 11 is 6.30. The van der Waals surface area contributed by atoms with Crippen LogP contribution in [0.3, 0.4) is 0 Å². The van der Waals surface area contributed by atoms with Crippen LogP contribution in [0.4, 0.5) is 0 Å². The number of aromatic nitrogens is 4. The molecular weight excluding hydrogens is 484 g/mol. The third-order valence-electron chi connectivity index (χ3n) is 4.55. The van der Waals surface area contributed by atoms with E-state index in [-0.39, 0.29) is 15.1 Å². The van der Waals surface area contributed by atoms with Gasteiger partial charge in [-0.05, 0) is 24.3 Å². The van der Waals surface area contributed by atoms with E-state index in [1.165, 1.54) is 30.9 Å². The highest BCUT2D eigenvalue weighted by Gasteiger charge is 2.22. The number of sulfonamides is 1. The SMILES string of the molecule is CN(O)C(=S)SCc1nn[nH]c1-c1nc(-c2ccccc2)c(-c2ccc(S(N)(=O)=O)cc2)o1. The van der Waals surface area contributed by atoms with Crippen molar-refractivity contribution in [1.82, 2.24) is 25.5 Å². The van der Waals surface area contributed by atoms with E-state index < -0.39 is 10.0 Å². The van der Waals surface area contributed by atoms with Crippen molar-refractivity contribution >= 4 is 38.3 Å². The lowest BCUT2D eigenvalue weighted by Gasteiger charge is -2.09. The Labute approximate surface area is 198 Å².